The van der Waals surface area contributed by atoms with Crippen LogP contribution in [0.1, 0.15) is 5.56 Å². The topological polar surface area (TPSA) is 70.6 Å². The fraction of sp³-hybridized carbons (Fsp3) is 0.188. The molecule has 5 heteroatoms. The summed E-state index contributed by atoms with van der Waals surface area (Å²) < 4.78 is 5.68. The Bertz CT molecular complexity index is 573. The third-order valence-corrected chi connectivity index (χ3v) is 2.80. The van der Waals surface area contributed by atoms with Gasteiger partial charge in [0.1, 0.15) is 12.4 Å². The van der Waals surface area contributed by atoms with Crippen molar-refractivity contribution < 1.29 is 14.6 Å². The first kappa shape index (κ1) is 14.9. The molecule has 0 aliphatic carbocycles. The van der Waals surface area contributed by atoms with Gasteiger partial charge in [-0.2, -0.15) is 0 Å². The van der Waals surface area contributed by atoms with E-state index in [1.165, 1.54) is 0 Å². The summed E-state index contributed by atoms with van der Waals surface area (Å²) in [7, 11) is 0. The molecule has 2 aromatic carbocycles. The van der Waals surface area contributed by atoms with Crippen LogP contribution in [0.4, 0.5) is 10.5 Å². The number of urea groups is 1. The molecule has 0 atom stereocenters. The Kier molecular flexibility index (Phi) is 5.60. The average molecular weight is 286 g/mol. The Hall–Kier alpha value is -2.53. The Morgan fingerprint density at radius 1 is 1.05 bits per heavy atom. The maximum absolute atomic E-state index is 11.6. The molecule has 0 radical (unpaired) electrons. The highest BCUT2D eigenvalue weighted by Gasteiger charge is 2.06. The number of carbonyl (C=O) groups excluding carboxylic acids is 1. The van der Waals surface area contributed by atoms with Gasteiger partial charge in [0.2, 0.25) is 0 Å². The summed E-state index contributed by atoms with van der Waals surface area (Å²) in [5.41, 5.74) is 1.56. The van der Waals surface area contributed by atoms with Crippen LogP contribution >= 0.6 is 0 Å². The molecule has 0 bridgehead atoms. The number of ether oxygens (including phenoxy) is 1. The van der Waals surface area contributed by atoms with Crippen molar-refractivity contribution in [2.45, 2.75) is 6.61 Å². The summed E-state index contributed by atoms with van der Waals surface area (Å²) in [6.45, 7) is 0.487. The van der Waals surface area contributed by atoms with Gasteiger partial charge < -0.3 is 20.5 Å². The van der Waals surface area contributed by atoms with Crippen molar-refractivity contribution in [3.8, 4) is 5.75 Å². The first-order valence-corrected chi connectivity index (χ1v) is 6.71. The van der Waals surface area contributed by atoms with E-state index in [1.807, 2.05) is 54.6 Å². The van der Waals surface area contributed by atoms with Crippen molar-refractivity contribution >= 4 is 11.7 Å². The highest BCUT2D eigenvalue weighted by molar-refractivity contribution is 5.90. The summed E-state index contributed by atoms with van der Waals surface area (Å²) in [5.74, 6) is 0.775. The van der Waals surface area contributed by atoms with Gasteiger partial charge in [0.15, 0.2) is 0 Å². The van der Waals surface area contributed by atoms with E-state index in [9.17, 15) is 4.79 Å². The molecule has 0 fully saturated rings. The van der Waals surface area contributed by atoms with Crippen LogP contribution in [0.3, 0.4) is 0 Å². The van der Waals surface area contributed by atoms with Crippen LogP contribution in [-0.4, -0.2) is 24.3 Å². The molecule has 110 valence electrons. The third kappa shape index (κ3) is 4.81. The van der Waals surface area contributed by atoms with Gasteiger partial charge in [-0.15, -0.1) is 0 Å². The second-order valence-electron chi connectivity index (χ2n) is 4.36. The SMILES string of the molecule is O=C(NCCO)Nc1ccccc1COc1ccccc1. The van der Waals surface area contributed by atoms with Gasteiger partial charge in [-0.25, -0.2) is 4.79 Å². The smallest absolute Gasteiger partial charge is 0.319 e. The second kappa shape index (κ2) is 7.91. The largest absolute Gasteiger partial charge is 0.489 e. The van der Waals surface area contributed by atoms with Gasteiger partial charge in [-0.3, -0.25) is 0 Å². The van der Waals surface area contributed by atoms with Crippen LogP contribution in [-0.2, 0) is 6.61 Å². The van der Waals surface area contributed by atoms with E-state index in [0.717, 1.165) is 11.3 Å². The zero-order valence-corrected chi connectivity index (χ0v) is 11.6. The van der Waals surface area contributed by atoms with E-state index >= 15 is 0 Å². The predicted octanol–water partition coefficient (Wildman–Crippen LogP) is 2.38. The number of nitrogens with one attached hydrogen (secondary N) is 2. The van der Waals surface area contributed by atoms with Crippen LogP contribution < -0.4 is 15.4 Å². The highest BCUT2D eigenvalue weighted by Crippen LogP contribution is 2.18. The van der Waals surface area contributed by atoms with Crippen LogP contribution in [0.5, 0.6) is 5.75 Å². The zero-order valence-electron chi connectivity index (χ0n) is 11.6. The molecule has 21 heavy (non-hydrogen) atoms. The number of anilines is 1. The number of carbonyl (C=O) groups is 1. The summed E-state index contributed by atoms with van der Waals surface area (Å²) in [6.07, 6.45) is 0. The lowest BCUT2D eigenvalue weighted by Crippen LogP contribution is -2.31. The summed E-state index contributed by atoms with van der Waals surface area (Å²) in [4.78, 5) is 11.6. The van der Waals surface area contributed by atoms with Crippen molar-refractivity contribution in [1.82, 2.24) is 5.32 Å². The number of amides is 2. The monoisotopic (exact) mass is 286 g/mol. The van der Waals surface area contributed by atoms with E-state index in [-0.39, 0.29) is 19.2 Å². The van der Waals surface area contributed by atoms with Crippen LogP contribution in [0.15, 0.2) is 54.6 Å². The minimum absolute atomic E-state index is 0.0911. The number of hydrogen-bond donors (Lipinski definition) is 3. The Balaban J connectivity index is 1.98. The Morgan fingerprint density at radius 2 is 1.76 bits per heavy atom. The number of aliphatic hydroxyl groups excluding tert-OH is 1. The van der Waals surface area contributed by atoms with Gasteiger partial charge in [-0.1, -0.05) is 36.4 Å². The number of benzene rings is 2. The van der Waals surface area contributed by atoms with Crippen molar-refractivity contribution in [3.63, 3.8) is 0 Å². The summed E-state index contributed by atoms with van der Waals surface area (Å²) in [5, 5.41) is 14.0. The Labute approximate surface area is 123 Å². The molecule has 0 saturated heterocycles. The van der Waals surface area contributed by atoms with Crippen molar-refractivity contribution in [3.05, 3.63) is 60.2 Å². The fourth-order valence-electron chi connectivity index (χ4n) is 1.78. The lowest BCUT2D eigenvalue weighted by atomic mass is 10.2. The summed E-state index contributed by atoms with van der Waals surface area (Å²) in [6, 6.07) is 16.6. The van der Waals surface area contributed by atoms with Gasteiger partial charge >= 0.3 is 6.03 Å². The van der Waals surface area contributed by atoms with E-state index in [2.05, 4.69) is 10.6 Å². The quantitative estimate of drug-likeness (QED) is 0.763. The van der Waals surface area contributed by atoms with Gasteiger partial charge in [0, 0.05) is 17.8 Å². The molecule has 0 spiro atoms. The van der Waals surface area contributed by atoms with Crippen molar-refractivity contribution in [1.29, 1.82) is 0 Å². The average Bonchev–Trinajstić information content (AvgIpc) is 2.53. The van der Waals surface area contributed by atoms with E-state index < -0.39 is 0 Å². The number of para-hydroxylation sites is 2. The first-order valence-electron chi connectivity index (χ1n) is 6.71. The number of rotatable bonds is 6. The number of aliphatic hydroxyl groups is 1. The molecular formula is C16H18N2O3. The van der Waals surface area contributed by atoms with Crippen molar-refractivity contribution in [2.24, 2.45) is 0 Å². The Morgan fingerprint density at radius 3 is 2.52 bits per heavy atom. The van der Waals surface area contributed by atoms with E-state index in [4.69, 9.17) is 9.84 Å². The lowest BCUT2D eigenvalue weighted by Gasteiger charge is -2.12. The molecule has 5 nitrogen and oxygen atoms in total. The molecular weight excluding hydrogens is 268 g/mol. The third-order valence-electron chi connectivity index (χ3n) is 2.80. The zero-order chi connectivity index (χ0) is 14.9. The molecule has 2 aromatic rings. The van der Waals surface area contributed by atoms with Gasteiger partial charge in [-0.05, 0) is 18.2 Å². The molecule has 0 aromatic heterocycles. The minimum atomic E-state index is -0.351. The number of hydrogen-bond acceptors (Lipinski definition) is 3. The van der Waals surface area contributed by atoms with Gasteiger partial charge in [0.25, 0.3) is 0 Å². The molecule has 0 aliphatic rings. The molecule has 0 unspecified atom stereocenters. The van der Waals surface area contributed by atoms with Crippen molar-refractivity contribution in [2.75, 3.05) is 18.5 Å². The van der Waals surface area contributed by atoms with E-state index in [1.54, 1.807) is 0 Å². The lowest BCUT2D eigenvalue weighted by molar-refractivity contribution is 0.244. The maximum atomic E-state index is 11.6. The predicted molar refractivity (Wildman–Crippen MR) is 81.3 cm³/mol. The first-order chi connectivity index (χ1) is 10.3. The summed E-state index contributed by atoms with van der Waals surface area (Å²) >= 11 is 0. The molecule has 2 rings (SSSR count). The second-order valence-corrected chi connectivity index (χ2v) is 4.36. The molecule has 0 saturated carbocycles. The fourth-order valence-corrected chi connectivity index (χ4v) is 1.78. The van der Waals surface area contributed by atoms with Crippen LogP contribution in [0.2, 0.25) is 0 Å². The maximum Gasteiger partial charge on any atom is 0.319 e. The molecule has 2 amide bonds. The molecule has 3 N–H and O–H groups in total. The van der Waals surface area contributed by atoms with E-state index in [0.29, 0.717) is 12.3 Å². The van der Waals surface area contributed by atoms with Crippen LogP contribution in [0.25, 0.3) is 0 Å². The minimum Gasteiger partial charge on any atom is -0.489 e. The normalized spacial score (nSPS) is 9.95. The standard InChI is InChI=1S/C16H18N2O3/c19-11-10-17-16(20)18-15-9-5-4-6-13(15)12-21-14-7-2-1-3-8-14/h1-9,19H,10-12H2,(H2,17,18,20). The van der Waals surface area contributed by atoms with Crippen LogP contribution in [0, 0.1) is 0 Å². The molecule has 0 heterocycles. The molecule has 0 aliphatic heterocycles. The highest BCUT2D eigenvalue weighted by atomic mass is 16.5. The van der Waals surface area contributed by atoms with Gasteiger partial charge in [0.05, 0.1) is 6.61 Å².